The number of piperazine rings is 1. The molecule has 144 valence electrons. The Morgan fingerprint density at radius 3 is 2.61 bits per heavy atom. The second-order valence-corrected chi connectivity index (χ2v) is 7.37. The van der Waals surface area contributed by atoms with Crippen LogP contribution in [0.1, 0.15) is 10.5 Å². The quantitative estimate of drug-likeness (QED) is 0.712. The van der Waals surface area contributed by atoms with Crippen LogP contribution in [0.4, 0.5) is 16.5 Å². The first kappa shape index (κ1) is 18.3. The van der Waals surface area contributed by atoms with Gasteiger partial charge in [0, 0.05) is 49.0 Å². The van der Waals surface area contributed by atoms with Gasteiger partial charge >= 0.3 is 0 Å². The number of carbonyl (C=O) groups excluding carboxylic acids is 1. The highest BCUT2D eigenvalue weighted by molar-refractivity contribution is 7.14. The lowest BCUT2D eigenvalue weighted by molar-refractivity contribution is 0.0742. The Morgan fingerprint density at radius 1 is 1.07 bits per heavy atom. The smallest absolute Gasteiger partial charge is 0.273 e. The monoisotopic (exact) mass is 394 g/mol. The van der Waals surface area contributed by atoms with E-state index in [1.807, 2.05) is 58.8 Å². The average Bonchev–Trinajstić information content (AvgIpc) is 3.22. The van der Waals surface area contributed by atoms with Gasteiger partial charge in [0.05, 0.1) is 7.11 Å². The predicted octanol–water partition coefficient (Wildman–Crippen LogP) is 3.86. The molecule has 4 rings (SSSR count). The van der Waals surface area contributed by atoms with Crippen molar-refractivity contribution < 1.29 is 9.53 Å². The van der Waals surface area contributed by atoms with E-state index < -0.39 is 0 Å². The molecule has 0 saturated carbocycles. The minimum absolute atomic E-state index is 0.0114. The maximum absolute atomic E-state index is 12.8. The minimum Gasteiger partial charge on any atom is -0.497 e. The van der Waals surface area contributed by atoms with Gasteiger partial charge in [-0.15, -0.1) is 11.3 Å². The molecule has 1 N–H and O–H groups in total. The van der Waals surface area contributed by atoms with E-state index in [2.05, 4.69) is 21.3 Å². The molecule has 1 aliphatic heterocycles. The van der Waals surface area contributed by atoms with E-state index >= 15 is 0 Å². The normalized spacial score (nSPS) is 14.0. The van der Waals surface area contributed by atoms with Crippen LogP contribution in [0.2, 0.25) is 0 Å². The number of amides is 1. The van der Waals surface area contributed by atoms with Gasteiger partial charge < -0.3 is 19.9 Å². The van der Waals surface area contributed by atoms with Gasteiger partial charge in [0.25, 0.3) is 5.91 Å². The standard InChI is InChI=1S/C21H22N4O2S/c1-27-18-9-5-8-17(14-18)24-10-12-25(13-11-24)20(26)19-15-28-21(23-19)22-16-6-3-2-4-7-16/h2-9,14-15H,10-13H2,1H3,(H,22,23). The molecule has 3 aromatic rings. The Bertz CT molecular complexity index is 936. The number of para-hydroxylation sites is 1. The first-order valence-corrected chi connectivity index (χ1v) is 10.1. The molecule has 28 heavy (non-hydrogen) atoms. The maximum atomic E-state index is 12.8. The Hall–Kier alpha value is -3.06. The number of nitrogens with one attached hydrogen (secondary N) is 1. The molecule has 1 saturated heterocycles. The van der Waals surface area contributed by atoms with Crippen molar-refractivity contribution in [3.8, 4) is 5.75 Å². The van der Waals surface area contributed by atoms with Crippen LogP contribution in [-0.2, 0) is 0 Å². The van der Waals surface area contributed by atoms with Crippen LogP contribution in [0.5, 0.6) is 5.75 Å². The molecule has 1 aromatic heterocycles. The fourth-order valence-corrected chi connectivity index (χ4v) is 3.92. The van der Waals surface area contributed by atoms with E-state index in [9.17, 15) is 4.79 Å². The number of ether oxygens (including phenoxy) is 1. The van der Waals surface area contributed by atoms with Crippen molar-refractivity contribution in [2.24, 2.45) is 0 Å². The van der Waals surface area contributed by atoms with E-state index in [4.69, 9.17) is 4.74 Å². The third-order valence-electron chi connectivity index (χ3n) is 4.73. The van der Waals surface area contributed by atoms with Crippen LogP contribution in [0.15, 0.2) is 60.0 Å². The summed E-state index contributed by atoms with van der Waals surface area (Å²) in [6.45, 7) is 2.93. The van der Waals surface area contributed by atoms with Gasteiger partial charge in [-0.05, 0) is 24.3 Å². The first-order valence-electron chi connectivity index (χ1n) is 9.19. The second kappa shape index (κ2) is 8.31. The summed E-state index contributed by atoms with van der Waals surface area (Å²) in [5, 5.41) is 5.79. The van der Waals surface area contributed by atoms with Crippen LogP contribution in [0.3, 0.4) is 0 Å². The number of hydrogen-bond donors (Lipinski definition) is 1. The number of hydrogen-bond acceptors (Lipinski definition) is 6. The molecule has 0 atom stereocenters. The Kier molecular flexibility index (Phi) is 5.43. The number of rotatable bonds is 5. The summed E-state index contributed by atoms with van der Waals surface area (Å²) in [4.78, 5) is 21.4. The van der Waals surface area contributed by atoms with Crippen LogP contribution in [-0.4, -0.2) is 49.1 Å². The summed E-state index contributed by atoms with van der Waals surface area (Å²) in [6, 6.07) is 17.9. The molecule has 2 aromatic carbocycles. The molecule has 6 nitrogen and oxygen atoms in total. The molecule has 1 fully saturated rings. The zero-order valence-corrected chi connectivity index (χ0v) is 16.5. The van der Waals surface area contributed by atoms with Gasteiger partial charge in [0.1, 0.15) is 11.4 Å². The molecule has 2 heterocycles. The summed E-state index contributed by atoms with van der Waals surface area (Å²) in [7, 11) is 1.67. The Balaban J connectivity index is 1.36. The molecule has 0 aliphatic carbocycles. The number of thiazole rings is 1. The average molecular weight is 395 g/mol. The van der Waals surface area contributed by atoms with E-state index in [1.165, 1.54) is 11.3 Å². The Labute approximate surface area is 168 Å². The predicted molar refractivity (Wildman–Crippen MR) is 113 cm³/mol. The number of aromatic nitrogens is 1. The van der Waals surface area contributed by atoms with E-state index in [-0.39, 0.29) is 5.91 Å². The number of methoxy groups -OCH3 is 1. The van der Waals surface area contributed by atoms with Crippen LogP contribution in [0.25, 0.3) is 0 Å². The van der Waals surface area contributed by atoms with Gasteiger partial charge in [-0.25, -0.2) is 4.98 Å². The summed E-state index contributed by atoms with van der Waals surface area (Å²) in [6.07, 6.45) is 0. The van der Waals surface area contributed by atoms with Gasteiger partial charge in [-0.2, -0.15) is 0 Å². The van der Waals surface area contributed by atoms with Crippen molar-refractivity contribution in [2.75, 3.05) is 43.5 Å². The third kappa shape index (κ3) is 4.09. The summed E-state index contributed by atoms with van der Waals surface area (Å²) in [5.74, 6) is 0.833. The zero-order valence-electron chi connectivity index (χ0n) is 15.7. The van der Waals surface area contributed by atoms with E-state index in [0.717, 1.165) is 35.3 Å². The van der Waals surface area contributed by atoms with Crippen LogP contribution in [0, 0.1) is 0 Å². The molecule has 0 spiro atoms. The molecule has 7 heteroatoms. The van der Waals surface area contributed by atoms with Crippen molar-refractivity contribution in [1.82, 2.24) is 9.88 Å². The highest BCUT2D eigenvalue weighted by Crippen LogP contribution is 2.24. The van der Waals surface area contributed by atoms with E-state index in [1.54, 1.807) is 7.11 Å². The molecule has 1 amide bonds. The van der Waals surface area contributed by atoms with Crippen molar-refractivity contribution in [3.05, 3.63) is 65.7 Å². The molecule has 0 unspecified atom stereocenters. The first-order chi connectivity index (χ1) is 13.7. The van der Waals surface area contributed by atoms with Crippen molar-refractivity contribution in [3.63, 3.8) is 0 Å². The lowest BCUT2D eigenvalue weighted by atomic mass is 10.2. The Morgan fingerprint density at radius 2 is 1.86 bits per heavy atom. The molecular weight excluding hydrogens is 372 g/mol. The van der Waals surface area contributed by atoms with Gasteiger partial charge in [-0.1, -0.05) is 24.3 Å². The maximum Gasteiger partial charge on any atom is 0.273 e. The fourth-order valence-electron chi connectivity index (χ4n) is 3.21. The lowest BCUT2D eigenvalue weighted by Crippen LogP contribution is -2.48. The third-order valence-corrected chi connectivity index (χ3v) is 5.49. The van der Waals surface area contributed by atoms with Crippen molar-refractivity contribution >= 4 is 33.8 Å². The molecule has 1 aliphatic rings. The minimum atomic E-state index is -0.0114. The topological polar surface area (TPSA) is 57.7 Å². The zero-order chi connectivity index (χ0) is 19.3. The molecule has 0 bridgehead atoms. The summed E-state index contributed by atoms with van der Waals surface area (Å²) >= 11 is 1.44. The van der Waals surface area contributed by atoms with Gasteiger partial charge in [-0.3, -0.25) is 4.79 Å². The molecular formula is C21H22N4O2S. The molecule has 0 radical (unpaired) electrons. The lowest BCUT2D eigenvalue weighted by Gasteiger charge is -2.35. The van der Waals surface area contributed by atoms with Gasteiger partial charge in [0.15, 0.2) is 5.13 Å². The van der Waals surface area contributed by atoms with Crippen molar-refractivity contribution in [1.29, 1.82) is 0 Å². The number of anilines is 3. The van der Waals surface area contributed by atoms with Crippen molar-refractivity contribution in [2.45, 2.75) is 0 Å². The number of nitrogens with zero attached hydrogens (tertiary/aromatic N) is 3. The summed E-state index contributed by atoms with van der Waals surface area (Å²) in [5.41, 5.74) is 2.58. The fraction of sp³-hybridized carbons (Fsp3) is 0.238. The summed E-state index contributed by atoms with van der Waals surface area (Å²) < 4.78 is 5.30. The SMILES string of the molecule is COc1cccc(N2CCN(C(=O)c3csc(Nc4ccccc4)n3)CC2)c1. The number of benzene rings is 2. The largest absolute Gasteiger partial charge is 0.497 e. The van der Waals surface area contributed by atoms with Crippen LogP contribution >= 0.6 is 11.3 Å². The van der Waals surface area contributed by atoms with E-state index in [0.29, 0.717) is 18.8 Å². The van der Waals surface area contributed by atoms with Gasteiger partial charge in [0.2, 0.25) is 0 Å². The second-order valence-electron chi connectivity index (χ2n) is 6.51. The highest BCUT2D eigenvalue weighted by Gasteiger charge is 2.24. The highest BCUT2D eigenvalue weighted by atomic mass is 32.1. The van der Waals surface area contributed by atoms with Crippen LogP contribution < -0.4 is 15.0 Å². The number of carbonyl (C=O) groups is 1.